The summed E-state index contributed by atoms with van der Waals surface area (Å²) in [4.78, 5) is 27.8. The van der Waals surface area contributed by atoms with E-state index in [4.69, 9.17) is 0 Å². The topological polar surface area (TPSA) is 86.8 Å². The first-order valence-corrected chi connectivity index (χ1v) is 12.7. The average Bonchev–Trinajstić information content (AvgIpc) is 2.72. The van der Waals surface area contributed by atoms with Crippen LogP contribution in [0.5, 0.6) is 0 Å². The van der Waals surface area contributed by atoms with Gasteiger partial charge in [0.05, 0.1) is 11.9 Å². The molecule has 0 saturated carbocycles. The van der Waals surface area contributed by atoms with Crippen molar-refractivity contribution in [2.24, 2.45) is 0 Å². The van der Waals surface area contributed by atoms with Gasteiger partial charge in [-0.3, -0.25) is 13.9 Å². The summed E-state index contributed by atoms with van der Waals surface area (Å²) in [7, 11) is -3.91. The van der Waals surface area contributed by atoms with Crippen molar-refractivity contribution >= 4 is 27.5 Å². The van der Waals surface area contributed by atoms with Gasteiger partial charge in [-0.2, -0.15) is 0 Å². The van der Waals surface area contributed by atoms with Gasteiger partial charge in [-0.15, -0.1) is 0 Å². The van der Waals surface area contributed by atoms with Gasteiger partial charge >= 0.3 is 0 Å². The zero-order valence-electron chi connectivity index (χ0n) is 20.0. The lowest BCUT2D eigenvalue weighted by molar-refractivity contribution is -0.141. The van der Waals surface area contributed by atoms with Crippen LogP contribution in [0, 0.1) is 11.6 Å². The molecule has 0 aromatic heterocycles. The Hall–Kier alpha value is -3.01. The highest BCUT2D eigenvalue weighted by molar-refractivity contribution is 7.92. The second-order valence-corrected chi connectivity index (χ2v) is 11.0. The van der Waals surface area contributed by atoms with E-state index >= 15 is 0 Å². The predicted molar refractivity (Wildman–Crippen MR) is 128 cm³/mol. The largest absolute Gasteiger partial charge is 0.350 e. The lowest BCUT2D eigenvalue weighted by atomic mass is 10.1. The molecular formula is C24H31F2N3O4S. The van der Waals surface area contributed by atoms with E-state index in [1.54, 1.807) is 6.92 Å². The van der Waals surface area contributed by atoms with Crippen LogP contribution in [0.1, 0.15) is 39.7 Å². The number of carbonyl (C=O) groups is 2. The van der Waals surface area contributed by atoms with Crippen LogP contribution in [0.25, 0.3) is 0 Å². The summed E-state index contributed by atoms with van der Waals surface area (Å²) in [5, 5.41) is 2.86. The van der Waals surface area contributed by atoms with E-state index in [9.17, 15) is 26.8 Å². The number of benzene rings is 2. The number of rotatable bonds is 9. The van der Waals surface area contributed by atoms with Gasteiger partial charge < -0.3 is 10.2 Å². The third-order valence-corrected chi connectivity index (χ3v) is 6.08. The number of nitrogens with one attached hydrogen (secondary N) is 1. The molecule has 2 aromatic rings. The third-order valence-electron chi connectivity index (χ3n) is 4.94. The van der Waals surface area contributed by atoms with E-state index in [0.717, 1.165) is 22.7 Å². The minimum Gasteiger partial charge on any atom is -0.350 e. The highest BCUT2D eigenvalue weighted by Gasteiger charge is 2.33. The lowest BCUT2D eigenvalue weighted by Crippen LogP contribution is -2.55. The predicted octanol–water partition coefficient (Wildman–Crippen LogP) is 3.45. The van der Waals surface area contributed by atoms with Crippen molar-refractivity contribution in [3.05, 3.63) is 65.7 Å². The van der Waals surface area contributed by atoms with E-state index < -0.39 is 51.6 Å². The molecule has 7 nitrogen and oxygen atoms in total. The molecule has 34 heavy (non-hydrogen) atoms. The molecule has 0 unspecified atom stereocenters. The van der Waals surface area contributed by atoms with E-state index in [1.165, 1.54) is 41.3 Å². The molecule has 0 heterocycles. The molecule has 0 aliphatic carbocycles. The maximum absolute atomic E-state index is 13.5. The maximum Gasteiger partial charge on any atom is 0.244 e. The number of amides is 2. The lowest BCUT2D eigenvalue weighted by Gasteiger charge is -2.34. The molecule has 0 saturated heterocycles. The molecule has 0 aliphatic rings. The Balaban J connectivity index is 2.43. The number of halogens is 2. The summed E-state index contributed by atoms with van der Waals surface area (Å²) in [6.45, 7) is 6.55. The van der Waals surface area contributed by atoms with Crippen molar-refractivity contribution in [2.75, 3.05) is 17.1 Å². The molecular weight excluding hydrogens is 464 g/mol. The summed E-state index contributed by atoms with van der Waals surface area (Å²) in [6.07, 6.45) is 1.21. The van der Waals surface area contributed by atoms with Gasteiger partial charge in [0.15, 0.2) is 0 Å². The molecule has 186 valence electrons. The summed E-state index contributed by atoms with van der Waals surface area (Å²) >= 11 is 0. The quantitative estimate of drug-likeness (QED) is 0.577. The molecule has 2 amide bonds. The van der Waals surface area contributed by atoms with Crippen molar-refractivity contribution in [2.45, 2.75) is 52.2 Å². The first-order valence-electron chi connectivity index (χ1n) is 10.8. The third kappa shape index (κ3) is 7.79. The molecule has 10 heteroatoms. The molecule has 1 N–H and O–H groups in total. The number of sulfonamides is 1. The smallest absolute Gasteiger partial charge is 0.244 e. The average molecular weight is 496 g/mol. The minimum absolute atomic E-state index is 0.0315. The van der Waals surface area contributed by atoms with E-state index in [-0.39, 0.29) is 18.7 Å². The van der Waals surface area contributed by atoms with Gasteiger partial charge in [-0.05, 0) is 69.2 Å². The Kier molecular flexibility index (Phi) is 8.77. The van der Waals surface area contributed by atoms with Crippen molar-refractivity contribution in [3.8, 4) is 0 Å². The van der Waals surface area contributed by atoms with Crippen LogP contribution in [0.3, 0.4) is 0 Å². The first kappa shape index (κ1) is 27.2. The number of anilines is 1. The standard InChI is InChI=1S/C24H31F2N3O4S/c1-6-21(23(31)27-24(2,3)4)28(15-17-7-9-18(25)10-8-17)22(30)16-29(34(5,32)33)20-13-11-19(26)12-14-20/h7-14,21H,6,15-16H2,1-5H3,(H,27,31)/t21-/m1/s1. The monoisotopic (exact) mass is 495 g/mol. The van der Waals surface area contributed by atoms with Gasteiger partial charge in [-0.1, -0.05) is 19.1 Å². The Bertz CT molecular complexity index is 1100. The van der Waals surface area contributed by atoms with Gasteiger partial charge in [0.25, 0.3) is 0 Å². The normalized spacial score (nSPS) is 12.7. The molecule has 0 radical (unpaired) electrons. The summed E-state index contributed by atoms with van der Waals surface area (Å²) in [5.41, 5.74) is 0.137. The maximum atomic E-state index is 13.5. The Morgan fingerprint density at radius 1 is 0.971 bits per heavy atom. The molecule has 0 fully saturated rings. The van der Waals surface area contributed by atoms with Crippen LogP contribution in [0.4, 0.5) is 14.5 Å². The van der Waals surface area contributed by atoms with E-state index in [1.807, 2.05) is 20.8 Å². The van der Waals surface area contributed by atoms with Crippen molar-refractivity contribution < 1.29 is 26.8 Å². The first-order chi connectivity index (χ1) is 15.7. The fraction of sp³-hybridized carbons (Fsp3) is 0.417. The van der Waals surface area contributed by atoms with Gasteiger partial charge in [0.2, 0.25) is 21.8 Å². The van der Waals surface area contributed by atoms with Gasteiger partial charge in [0, 0.05) is 12.1 Å². The summed E-state index contributed by atoms with van der Waals surface area (Å²) in [6, 6.07) is 9.31. The van der Waals surface area contributed by atoms with Crippen LogP contribution >= 0.6 is 0 Å². The molecule has 2 rings (SSSR count). The molecule has 0 aliphatic heterocycles. The summed E-state index contributed by atoms with van der Waals surface area (Å²) < 4.78 is 52.6. The van der Waals surface area contributed by atoms with Crippen molar-refractivity contribution in [3.63, 3.8) is 0 Å². The van der Waals surface area contributed by atoms with E-state index in [0.29, 0.717) is 5.56 Å². The number of carbonyl (C=O) groups excluding carboxylic acids is 2. The zero-order valence-corrected chi connectivity index (χ0v) is 20.8. The van der Waals surface area contributed by atoms with Gasteiger partial charge in [0.1, 0.15) is 24.2 Å². The van der Waals surface area contributed by atoms with E-state index in [2.05, 4.69) is 5.32 Å². The Labute approximate surface area is 199 Å². The van der Waals surface area contributed by atoms with Crippen molar-refractivity contribution in [1.29, 1.82) is 0 Å². The van der Waals surface area contributed by atoms with Crippen molar-refractivity contribution in [1.82, 2.24) is 10.2 Å². The number of hydrogen-bond acceptors (Lipinski definition) is 4. The highest BCUT2D eigenvalue weighted by Crippen LogP contribution is 2.20. The molecule has 2 aromatic carbocycles. The zero-order chi connectivity index (χ0) is 25.7. The second kappa shape index (κ2) is 10.9. The fourth-order valence-electron chi connectivity index (χ4n) is 3.38. The molecule has 0 bridgehead atoms. The van der Waals surface area contributed by atoms with Crippen LogP contribution in [-0.2, 0) is 26.2 Å². The summed E-state index contributed by atoms with van der Waals surface area (Å²) in [5.74, 6) is -2.02. The second-order valence-electron chi connectivity index (χ2n) is 9.06. The highest BCUT2D eigenvalue weighted by atomic mass is 32.2. The Morgan fingerprint density at radius 3 is 1.91 bits per heavy atom. The molecule has 1 atom stereocenters. The SMILES string of the molecule is CC[C@H](C(=O)NC(C)(C)C)N(Cc1ccc(F)cc1)C(=O)CN(c1ccc(F)cc1)S(C)(=O)=O. The minimum atomic E-state index is -3.91. The van der Waals surface area contributed by atoms with Crippen LogP contribution < -0.4 is 9.62 Å². The van der Waals surface area contributed by atoms with Crippen LogP contribution in [0.2, 0.25) is 0 Å². The molecule has 0 spiro atoms. The fourth-order valence-corrected chi connectivity index (χ4v) is 4.23. The van der Waals surface area contributed by atoms with Gasteiger partial charge in [-0.25, -0.2) is 17.2 Å². The van der Waals surface area contributed by atoms with Crippen LogP contribution in [0.15, 0.2) is 48.5 Å². The number of nitrogens with zero attached hydrogens (tertiary/aromatic N) is 2. The van der Waals surface area contributed by atoms with Crippen LogP contribution in [-0.4, -0.2) is 49.5 Å². The Morgan fingerprint density at radius 2 is 1.47 bits per heavy atom. The number of hydrogen-bond donors (Lipinski definition) is 1.